The van der Waals surface area contributed by atoms with E-state index in [1.165, 1.54) is 12.7 Å². The molecule has 1 fully saturated rings. The van der Waals surface area contributed by atoms with Gasteiger partial charge in [-0.25, -0.2) is 9.97 Å². The van der Waals surface area contributed by atoms with E-state index in [1.807, 2.05) is 0 Å². The van der Waals surface area contributed by atoms with Crippen LogP contribution in [0.2, 0.25) is 0 Å². The van der Waals surface area contributed by atoms with Crippen molar-refractivity contribution in [3.63, 3.8) is 0 Å². The third-order valence-corrected chi connectivity index (χ3v) is 3.29. The van der Waals surface area contributed by atoms with E-state index in [9.17, 15) is 0 Å². The van der Waals surface area contributed by atoms with Gasteiger partial charge in [0.25, 0.3) is 0 Å². The van der Waals surface area contributed by atoms with Crippen molar-refractivity contribution < 1.29 is 9.47 Å². The van der Waals surface area contributed by atoms with Crippen LogP contribution in [-0.4, -0.2) is 30.2 Å². The summed E-state index contributed by atoms with van der Waals surface area (Å²) in [5, 5.41) is 3.47. The third-order valence-electron chi connectivity index (χ3n) is 3.29. The Kier molecular flexibility index (Phi) is 3.19. The van der Waals surface area contributed by atoms with Crippen LogP contribution >= 0.6 is 0 Å². The van der Waals surface area contributed by atoms with Crippen LogP contribution in [0.3, 0.4) is 0 Å². The highest BCUT2D eigenvalue weighted by atomic mass is 16.5. The summed E-state index contributed by atoms with van der Waals surface area (Å²) in [5.41, 5.74) is 1.27. The SMILES string of the molecule is COc1ncnc(OC)c1CNC1CC1(C)C. The number of hydrogen-bond acceptors (Lipinski definition) is 5. The minimum atomic E-state index is 0.399. The van der Waals surface area contributed by atoms with Gasteiger partial charge in [-0.05, 0) is 11.8 Å². The van der Waals surface area contributed by atoms with Gasteiger partial charge >= 0.3 is 0 Å². The largest absolute Gasteiger partial charge is 0.481 e. The van der Waals surface area contributed by atoms with Crippen LogP contribution in [0.5, 0.6) is 11.8 Å². The van der Waals surface area contributed by atoms with Crippen LogP contribution in [0.15, 0.2) is 6.33 Å². The molecule has 17 heavy (non-hydrogen) atoms. The highest BCUT2D eigenvalue weighted by Gasteiger charge is 2.45. The zero-order valence-corrected chi connectivity index (χ0v) is 10.8. The maximum atomic E-state index is 5.22. The minimum Gasteiger partial charge on any atom is -0.481 e. The minimum absolute atomic E-state index is 0.399. The molecule has 1 aliphatic rings. The number of ether oxygens (including phenoxy) is 2. The van der Waals surface area contributed by atoms with E-state index >= 15 is 0 Å². The molecule has 0 aliphatic heterocycles. The number of hydrogen-bond donors (Lipinski definition) is 1. The summed E-state index contributed by atoms with van der Waals surface area (Å²) in [5.74, 6) is 1.14. The van der Waals surface area contributed by atoms with Crippen molar-refractivity contribution in [2.24, 2.45) is 5.41 Å². The van der Waals surface area contributed by atoms with E-state index in [-0.39, 0.29) is 0 Å². The molecule has 1 aliphatic carbocycles. The first-order chi connectivity index (χ1) is 8.08. The first kappa shape index (κ1) is 12.1. The fraction of sp³-hybridized carbons (Fsp3) is 0.667. The fourth-order valence-electron chi connectivity index (χ4n) is 1.92. The molecule has 5 nitrogen and oxygen atoms in total. The summed E-state index contributed by atoms with van der Waals surface area (Å²) in [6.07, 6.45) is 2.65. The van der Waals surface area contributed by atoms with Gasteiger partial charge in [0.15, 0.2) is 0 Å². The second-order valence-corrected chi connectivity index (χ2v) is 5.00. The average molecular weight is 237 g/mol. The molecule has 2 rings (SSSR count). The topological polar surface area (TPSA) is 56.3 Å². The molecule has 1 aromatic heterocycles. The molecule has 0 radical (unpaired) electrons. The molecule has 0 saturated heterocycles. The molecule has 1 N–H and O–H groups in total. The van der Waals surface area contributed by atoms with Gasteiger partial charge in [0.1, 0.15) is 6.33 Å². The summed E-state index contributed by atoms with van der Waals surface area (Å²) in [4.78, 5) is 8.17. The van der Waals surface area contributed by atoms with Gasteiger partial charge in [0, 0.05) is 12.6 Å². The third kappa shape index (κ3) is 2.49. The zero-order valence-electron chi connectivity index (χ0n) is 10.8. The first-order valence-corrected chi connectivity index (χ1v) is 5.73. The lowest BCUT2D eigenvalue weighted by molar-refractivity contribution is 0.358. The van der Waals surface area contributed by atoms with Crippen LogP contribution in [-0.2, 0) is 6.54 Å². The molecule has 0 spiro atoms. The van der Waals surface area contributed by atoms with Gasteiger partial charge in [0.05, 0.1) is 19.8 Å². The monoisotopic (exact) mass is 237 g/mol. The predicted molar refractivity (Wildman–Crippen MR) is 64.2 cm³/mol. The molecule has 5 heteroatoms. The molecule has 1 saturated carbocycles. The lowest BCUT2D eigenvalue weighted by atomic mass is 10.2. The molecule has 1 atom stereocenters. The first-order valence-electron chi connectivity index (χ1n) is 5.73. The number of methoxy groups -OCH3 is 2. The smallest absolute Gasteiger partial charge is 0.224 e. The van der Waals surface area contributed by atoms with E-state index in [0.29, 0.717) is 29.8 Å². The van der Waals surface area contributed by atoms with Crippen molar-refractivity contribution in [2.45, 2.75) is 32.9 Å². The van der Waals surface area contributed by atoms with Crippen molar-refractivity contribution in [1.82, 2.24) is 15.3 Å². The van der Waals surface area contributed by atoms with Crippen LogP contribution in [0.4, 0.5) is 0 Å². The van der Waals surface area contributed by atoms with Gasteiger partial charge in [-0.2, -0.15) is 0 Å². The Hall–Kier alpha value is -1.36. The van der Waals surface area contributed by atoms with Crippen LogP contribution in [0.1, 0.15) is 25.8 Å². The molecule has 0 amide bonds. The normalized spacial score (nSPS) is 21.1. The lowest BCUT2D eigenvalue weighted by Crippen LogP contribution is -2.21. The van der Waals surface area contributed by atoms with Gasteiger partial charge in [-0.15, -0.1) is 0 Å². The van der Waals surface area contributed by atoms with E-state index in [2.05, 4.69) is 29.1 Å². The van der Waals surface area contributed by atoms with E-state index in [1.54, 1.807) is 14.2 Å². The Balaban J connectivity index is 2.08. The summed E-state index contributed by atoms with van der Waals surface area (Å²) < 4.78 is 10.4. The van der Waals surface area contributed by atoms with Crippen LogP contribution in [0, 0.1) is 5.41 Å². The highest BCUT2D eigenvalue weighted by Crippen LogP contribution is 2.44. The Bertz CT molecular complexity index is 384. The Morgan fingerprint density at radius 1 is 1.29 bits per heavy atom. The second kappa shape index (κ2) is 4.49. The molecule has 0 aromatic carbocycles. The molecule has 1 aromatic rings. The molecule has 0 bridgehead atoms. The number of nitrogens with zero attached hydrogens (tertiary/aromatic N) is 2. The number of rotatable bonds is 5. The molecule has 1 heterocycles. The molecule has 1 unspecified atom stereocenters. The van der Waals surface area contributed by atoms with E-state index in [0.717, 1.165) is 5.56 Å². The quantitative estimate of drug-likeness (QED) is 0.838. The van der Waals surface area contributed by atoms with Crippen LogP contribution < -0.4 is 14.8 Å². The summed E-state index contributed by atoms with van der Waals surface area (Å²) in [6.45, 7) is 5.17. The second-order valence-electron chi connectivity index (χ2n) is 5.00. The average Bonchev–Trinajstić information content (AvgIpc) is 2.93. The molecule has 94 valence electrons. The number of nitrogens with one attached hydrogen (secondary N) is 1. The summed E-state index contributed by atoms with van der Waals surface area (Å²) in [7, 11) is 3.21. The van der Waals surface area contributed by atoms with Crippen molar-refractivity contribution in [2.75, 3.05) is 14.2 Å². The summed E-state index contributed by atoms with van der Waals surface area (Å²) in [6, 6.07) is 0.553. The van der Waals surface area contributed by atoms with Gasteiger partial charge < -0.3 is 14.8 Å². The Morgan fingerprint density at radius 2 is 1.82 bits per heavy atom. The Labute approximate surface area is 102 Å². The highest BCUT2D eigenvalue weighted by molar-refractivity contribution is 5.34. The van der Waals surface area contributed by atoms with Crippen LogP contribution in [0.25, 0.3) is 0 Å². The zero-order chi connectivity index (χ0) is 12.5. The van der Waals surface area contributed by atoms with E-state index < -0.39 is 0 Å². The lowest BCUT2D eigenvalue weighted by Gasteiger charge is -2.12. The van der Waals surface area contributed by atoms with Crippen molar-refractivity contribution >= 4 is 0 Å². The maximum Gasteiger partial charge on any atom is 0.224 e. The van der Waals surface area contributed by atoms with E-state index in [4.69, 9.17) is 9.47 Å². The van der Waals surface area contributed by atoms with Gasteiger partial charge in [-0.1, -0.05) is 13.8 Å². The van der Waals surface area contributed by atoms with Crippen molar-refractivity contribution in [1.29, 1.82) is 0 Å². The number of aromatic nitrogens is 2. The summed E-state index contributed by atoms with van der Waals surface area (Å²) >= 11 is 0. The standard InChI is InChI=1S/C12H19N3O2/c1-12(2)5-9(12)13-6-8-10(16-3)14-7-15-11(8)17-4/h7,9,13H,5-6H2,1-4H3. The Morgan fingerprint density at radius 3 is 2.24 bits per heavy atom. The van der Waals surface area contributed by atoms with Gasteiger partial charge in [-0.3, -0.25) is 0 Å². The van der Waals surface area contributed by atoms with Gasteiger partial charge in [0.2, 0.25) is 11.8 Å². The fourth-order valence-corrected chi connectivity index (χ4v) is 1.92. The van der Waals surface area contributed by atoms with Crippen molar-refractivity contribution in [3.8, 4) is 11.8 Å². The maximum absolute atomic E-state index is 5.22. The van der Waals surface area contributed by atoms with Crippen molar-refractivity contribution in [3.05, 3.63) is 11.9 Å². The predicted octanol–water partition coefficient (Wildman–Crippen LogP) is 1.38. The molecular formula is C12H19N3O2. The molecular weight excluding hydrogens is 218 g/mol.